The molecule has 18 heavy (non-hydrogen) atoms. The largest absolute Gasteiger partial charge is 0.459 e. The highest BCUT2D eigenvalue weighted by Crippen LogP contribution is 2.16. The van der Waals surface area contributed by atoms with Crippen molar-refractivity contribution in [1.82, 2.24) is 5.32 Å². The molecule has 1 amide bonds. The molecule has 3 nitrogen and oxygen atoms in total. The van der Waals surface area contributed by atoms with Crippen molar-refractivity contribution in [3.05, 3.63) is 58.5 Å². The third-order valence-corrected chi connectivity index (χ3v) is 3.01. The van der Waals surface area contributed by atoms with Gasteiger partial charge in [-0.3, -0.25) is 4.79 Å². The Bertz CT molecular complexity index is 533. The summed E-state index contributed by atoms with van der Waals surface area (Å²) in [5.41, 5.74) is 4.81. The minimum atomic E-state index is -0.181. The summed E-state index contributed by atoms with van der Waals surface area (Å²) < 4.78 is 5.05. The molecular formula is C15H17NO2. The summed E-state index contributed by atoms with van der Waals surface area (Å²) in [6, 6.07) is 7.62. The first-order chi connectivity index (χ1) is 8.58. The molecule has 0 unspecified atom stereocenters. The Labute approximate surface area is 107 Å². The Morgan fingerprint density at radius 3 is 2.44 bits per heavy atom. The lowest BCUT2D eigenvalue weighted by Crippen LogP contribution is -2.23. The fourth-order valence-corrected chi connectivity index (χ4v) is 2.15. The van der Waals surface area contributed by atoms with E-state index in [1.165, 1.54) is 28.5 Å². The Balaban J connectivity index is 2.09. The Kier molecular flexibility index (Phi) is 3.51. The molecule has 2 rings (SSSR count). The highest BCUT2D eigenvalue weighted by atomic mass is 16.3. The molecule has 0 fully saturated rings. The normalized spacial score (nSPS) is 10.4. The van der Waals surface area contributed by atoms with Gasteiger partial charge in [0.25, 0.3) is 5.91 Å². The molecular weight excluding hydrogens is 226 g/mol. The molecule has 1 aromatic carbocycles. The summed E-state index contributed by atoms with van der Waals surface area (Å²) in [5.74, 6) is 0.164. The van der Waals surface area contributed by atoms with Crippen molar-refractivity contribution in [2.24, 2.45) is 0 Å². The molecule has 0 spiro atoms. The van der Waals surface area contributed by atoms with Crippen LogP contribution in [0.25, 0.3) is 0 Å². The van der Waals surface area contributed by atoms with E-state index in [4.69, 9.17) is 4.42 Å². The van der Waals surface area contributed by atoms with Crippen molar-refractivity contribution in [3.8, 4) is 0 Å². The molecule has 2 aromatic rings. The maximum atomic E-state index is 11.8. The van der Waals surface area contributed by atoms with Gasteiger partial charge in [-0.1, -0.05) is 17.7 Å². The molecule has 1 aromatic heterocycles. The van der Waals surface area contributed by atoms with Gasteiger partial charge in [-0.15, -0.1) is 0 Å². The second-order valence-corrected chi connectivity index (χ2v) is 4.54. The number of carbonyl (C=O) groups excluding carboxylic acids is 1. The minimum absolute atomic E-state index is 0.181. The summed E-state index contributed by atoms with van der Waals surface area (Å²) >= 11 is 0. The molecule has 0 bridgehead atoms. The number of furan rings is 1. The highest BCUT2D eigenvalue weighted by Gasteiger charge is 2.09. The van der Waals surface area contributed by atoms with Gasteiger partial charge in [0.1, 0.15) is 0 Å². The van der Waals surface area contributed by atoms with E-state index in [0.717, 1.165) is 0 Å². The summed E-state index contributed by atoms with van der Waals surface area (Å²) in [4.78, 5) is 11.8. The third kappa shape index (κ3) is 2.62. The Morgan fingerprint density at radius 2 is 1.89 bits per heavy atom. The monoisotopic (exact) mass is 243 g/mol. The van der Waals surface area contributed by atoms with Crippen molar-refractivity contribution >= 4 is 5.91 Å². The van der Waals surface area contributed by atoms with Crippen LogP contribution in [0.15, 0.2) is 34.9 Å². The molecule has 94 valence electrons. The SMILES string of the molecule is Cc1cc(C)c(CNC(=O)c2ccco2)c(C)c1. The average molecular weight is 243 g/mol. The fraction of sp³-hybridized carbons (Fsp3) is 0.267. The number of hydrogen-bond donors (Lipinski definition) is 1. The van der Waals surface area contributed by atoms with E-state index in [1.807, 2.05) is 0 Å². The number of aryl methyl sites for hydroxylation is 3. The molecule has 0 aliphatic rings. The molecule has 1 heterocycles. The number of benzene rings is 1. The first-order valence-electron chi connectivity index (χ1n) is 5.96. The minimum Gasteiger partial charge on any atom is -0.459 e. The summed E-state index contributed by atoms with van der Waals surface area (Å²) in [7, 11) is 0. The zero-order valence-corrected chi connectivity index (χ0v) is 10.9. The molecule has 0 atom stereocenters. The smallest absolute Gasteiger partial charge is 0.287 e. The zero-order chi connectivity index (χ0) is 13.1. The second kappa shape index (κ2) is 5.08. The molecule has 3 heteroatoms. The Morgan fingerprint density at radius 1 is 1.22 bits per heavy atom. The van der Waals surface area contributed by atoms with Crippen molar-refractivity contribution < 1.29 is 9.21 Å². The van der Waals surface area contributed by atoms with Crippen LogP contribution in [0.1, 0.15) is 32.8 Å². The van der Waals surface area contributed by atoms with Gasteiger partial charge >= 0.3 is 0 Å². The fourth-order valence-electron chi connectivity index (χ4n) is 2.15. The van der Waals surface area contributed by atoms with E-state index < -0.39 is 0 Å². The Hall–Kier alpha value is -2.03. The topological polar surface area (TPSA) is 42.2 Å². The van der Waals surface area contributed by atoms with Gasteiger partial charge < -0.3 is 9.73 Å². The number of hydrogen-bond acceptors (Lipinski definition) is 2. The first kappa shape index (κ1) is 12.4. The second-order valence-electron chi connectivity index (χ2n) is 4.54. The maximum Gasteiger partial charge on any atom is 0.287 e. The first-order valence-corrected chi connectivity index (χ1v) is 5.96. The van der Waals surface area contributed by atoms with Crippen LogP contribution in [-0.4, -0.2) is 5.91 Å². The van der Waals surface area contributed by atoms with E-state index in [0.29, 0.717) is 12.3 Å². The molecule has 0 aliphatic heterocycles. The molecule has 0 aliphatic carbocycles. The zero-order valence-electron chi connectivity index (χ0n) is 10.9. The number of rotatable bonds is 3. The standard InChI is InChI=1S/C15H17NO2/c1-10-7-11(2)13(12(3)8-10)9-16-15(17)14-5-4-6-18-14/h4-8H,9H2,1-3H3,(H,16,17). The molecule has 0 saturated heterocycles. The lowest BCUT2D eigenvalue weighted by molar-refractivity contribution is 0.0923. The lowest BCUT2D eigenvalue weighted by atomic mass is 10.00. The van der Waals surface area contributed by atoms with Crippen molar-refractivity contribution in [2.45, 2.75) is 27.3 Å². The van der Waals surface area contributed by atoms with Crippen molar-refractivity contribution in [1.29, 1.82) is 0 Å². The molecule has 0 radical (unpaired) electrons. The molecule has 1 N–H and O–H groups in total. The van der Waals surface area contributed by atoms with E-state index in [2.05, 4.69) is 38.2 Å². The average Bonchev–Trinajstić information content (AvgIpc) is 2.80. The predicted octanol–water partition coefficient (Wildman–Crippen LogP) is 3.13. The number of amides is 1. The summed E-state index contributed by atoms with van der Waals surface area (Å²) in [5, 5.41) is 2.87. The van der Waals surface area contributed by atoms with Crippen molar-refractivity contribution in [2.75, 3.05) is 0 Å². The van der Waals surface area contributed by atoms with E-state index in [1.54, 1.807) is 12.1 Å². The predicted molar refractivity (Wildman–Crippen MR) is 70.5 cm³/mol. The quantitative estimate of drug-likeness (QED) is 0.899. The maximum absolute atomic E-state index is 11.8. The number of carbonyl (C=O) groups is 1. The van der Waals surface area contributed by atoms with Gasteiger partial charge in [-0.05, 0) is 49.6 Å². The van der Waals surface area contributed by atoms with Crippen LogP contribution >= 0.6 is 0 Å². The third-order valence-electron chi connectivity index (χ3n) is 3.01. The molecule has 0 saturated carbocycles. The van der Waals surface area contributed by atoms with Crippen LogP contribution in [0.3, 0.4) is 0 Å². The van der Waals surface area contributed by atoms with Crippen LogP contribution in [0.2, 0.25) is 0 Å². The highest BCUT2D eigenvalue weighted by molar-refractivity contribution is 5.91. The van der Waals surface area contributed by atoms with Crippen LogP contribution in [0.4, 0.5) is 0 Å². The van der Waals surface area contributed by atoms with Gasteiger partial charge in [0.05, 0.1) is 6.26 Å². The lowest BCUT2D eigenvalue weighted by Gasteiger charge is -2.11. The van der Waals surface area contributed by atoms with Crippen LogP contribution in [0.5, 0.6) is 0 Å². The summed E-state index contributed by atoms with van der Waals surface area (Å²) in [6.45, 7) is 6.73. The van der Waals surface area contributed by atoms with Gasteiger partial charge in [0.15, 0.2) is 5.76 Å². The van der Waals surface area contributed by atoms with Gasteiger partial charge in [-0.2, -0.15) is 0 Å². The number of nitrogens with one attached hydrogen (secondary N) is 1. The van der Waals surface area contributed by atoms with Crippen LogP contribution in [0, 0.1) is 20.8 Å². The van der Waals surface area contributed by atoms with Gasteiger partial charge in [0, 0.05) is 6.54 Å². The van der Waals surface area contributed by atoms with Gasteiger partial charge in [0.2, 0.25) is 0 Å². The van der Waals surface area contributed by atoms with Gasteiger partial charge in [-0.25, -0.2) is 0 Å². The van der Waals surface area contributed by atoms with E-state index >= 15 is 0 Å². The van der Waals surface area contributed by atoms with Crippen molar-refractivity contribution in [3.63, 3.8) is 0 Å². The van der Waals surface area contributed by atoms with Crippen LogP contribution < -0.4 is 5.32 Å². The van der Waals surface area contributed by atoms with E-state index in [-0.39, 0.29) is 5.91 Å². The van der Waals surface area contributed by atoms with E-state index in [9.17, 15) is 4.79 Å². The summed E-state index contributed by atoms with van der Waals surface area (Å²) in [6.07, 6.45) is 1.50. The van der Waals surface area contributed by atoms with Crippen LogP contribution in [-0.2, 0) is 6.54 Å².